The molecule has 0 bridgehead atoms. The van der Waals surface area contributed by atoms with Gasteiger partial charge in [-0.3, -0.25) is 62.9 Å². The number of ether oxygens (including phenoxy) is 1. The van der Waals surface area contributed by atoms with Crippen molar-refractivity contribution in [2.45, 2.75) is 223 Å². The summed E-state index contributed by atoms with van der Waals surface area (Å²) < 4.78 is 5.61. The third-order valence-electron chi connectivity index (χ3n) is 16.1. The number of aromatic nitrogens is 2. The highest BCUT2D eigenvalue weighted by Gasteiger charge is 2.55. The molecule has 37 nitrogen and oxygen atoms in total. The van der Waals surface area contributed by atoms with Gasteiger partial charge in [0.15, 0.2) is 5.72 Å². The molecule has 37 heteroatoms. The van der Waals surface area contributed by atoms with Gasteiger partial charge in [0, 0.05) is 37.7 Å². The third-order valence-corrected chi connectivity index (χ3v) is 16.1. The van der Waals surface area contributed by atoms with Gasteiger partial charge in [0.1, 0.15) is 78.7 Å². The van der Waals surface area contributed by atoms with Crippen molar-refractivity contribution in [1.29, 1.82) is 0 Å². The van der Waals surface area contributed by atoms with Gasteiger partial charge in [-0.05, 0) is 89.5 Å². The minimum absolute atomic E-state index is 0.0797. The predicted octanol–water partition coefficient (Wildman–Crippen LogP) is -7.24. The molecule has 0 aromatic carbocycles. The number of rotatable bonds is 42. The number of carbonyl (C=O) groups is 13. The van der Waals surface area contributed by atoms with Gasteiger partial charge in [0.05, 0.1) is 38.3 Å². The first-order valence-corrected chi connectivity index (χ1v) is 31.8. The van der Waals surface area contributed by atoms with Crippen LogP contribution < -0.4 is 58.9 Å². The monoisotopic (exact) mass is 1370 g/mol. The molecule has 2 saturated heterocycles. The van der Waals surface area contributed by atoms with Gasteiger partial charge in [-0.1, -0.05) is 41.5 Å². The number of hydrogen-bond donors (Lipinski definition) is 21. The molecule has 16 atom stereocenters. The van der Waals surface area contributed by atoms with Crippen LogP contribution in [0.1, 0.15) is 125 Å². The maximum atomic E-state index is 14.5. The molecule has 2 aliphatic rings. The lowest BCUT2D eigenvalue weighted by Crippen LogP contribution is -2.66. The van der Waals surface area contributed by atoms with E-state index in [-0.39, 0.29) is 57.5 Å². The van der Waals surface area contributed by atoms with E-state index in [9.17, 15) is 108 Å². The Morgan fingerprint density at radius 1 is 0.635 bits per heavy atom. The summed E-state index contributed by atoms with van der Waals surface area (Å²) >= 11 is 0. The van der Waals surface area contributed by atoms with Crippen LogP contribution in [0.2, 0.25) is 0 Å². The average molecular weight is 1370 g/mol. The van der Waals surface area contributed by atoms with Gasteiger partial charge in [0.25, 0.3) is 0 Å². The number of amides is 10. The first-order chi connectivity index (χ1) is 45.1. The van der Waals surface area contributed by atoms with Crippen LogP contribution in [0.3, 0.4) is 0 Å². The lowest BCUT2D eigenvalue weighted by molar-refractivity contribution is -0.153. The molecule has 0 saturated carbocycles. The zero-order chi connectivity index (χ0) is 72.5. The number of aliphatic hydroxyl groups excluding tert-OH is 6. The van der Waals surface area contributed by atoms with Gasteiger partial charge < -0.3 is 114 Å². The summed E-state index contributed by atoms with van der Waals surface area (Å²) in [5.41, 5.74) is 3.86. The molecule has 10 amide bonds. The summed E-state index contributed by atoms with van der Waals surface area (Å²) in [4.78, 5) is 183. The van der Waals surface area contributed by atoms with Gasteiger partial charge >= 0.3 is 17.9 Å². The number of carboxylic acid groups (broad SMARTS) is 3. The molecule has 3 heterocycles. The lowest BCUT2D eigenvalue weighted by atomic mass is 9.97. The summed E-state index contributed by atoms with van der Waals surface area (Å²) in [6.07, 6.45) is -6.71. The van der Waals surface area contributed by atoms with Gasteiger partial charge in [-0.2, -0.15) is 0 Å². The van der Waals surface area contributed by atoms with E-state index >= 15 is 0 Å². The Labute approximate surface area is 553 Å². The standard InChI is InChI=1S/C59H98N14O23/c1-27(2)20-36(67-52(88)37(21-32-22-61-26-62-32)68-56(92)43(28(3)4)72-59(25-76)47(83)46(82)40(24-75)96-59)53(89)71-45(31(8)77)57(93)73-19-11-13-39(73)55(91)66-35(15-17-42(80)81)51(87)65-34(14-16-41(78)79)50(86)64-33(12-9-10-18-60)49(85)69-38(23-74)54(90)63-30(7)48(84)70-44(29(5)6)58(94)95/h22,26-31,33-40,43-47,72,74-77,82-83H,9-21,23-25,60H2,1-8H3,(H,61,62)(H,63,90)(H,64,86)(H,65,87)(H,66,91)(H,67,88)(H,68,92)(H,69,85)(H,70,84)(H,71,89)(H,78,79)(H,80,81)(H,94,95)/t30-,31+,33-,34-,35-,36-,37-,38-,39-,40+,43-,44-,45-,46+,47-,59-/m0/s1. The van der Waals surface area contributed by atoms with E-state index in [1.165, 1.54) is 33.3 Å². The van der Waals surface area contributed by atoms with Gasteiger partial charge in [-0.15, -0.1) is 0 Å². The number of hydrogen-bond acceptors (Lipinski definition) is 23. The second-order valence-electron chi connectivity index (χ2n) is 25.0. The first kappa shape index (κ1) is 82.2. The molecule has 96 heavy (non-hydrogen) atoms. The zero-order valence-corrected chi connectivity index (χ0v) is 55.1. The van der Waals surface area contributed by atoms with E-state index in [1.54, 1.807) is 27.7 Å². The van der Waals surface area contributed by atoms with Crippen molar-refractivity contribution in [2.75, 3.05) is 32.9 Å². The Morgan fingerprint density at radius 2 is 1.15 bits per heavy atom. The number of aliphatic carboxylic acids is 3. The number of nitrogens with two attached hydrogens (primary N) is 1. The summed E-state index contributed by atoms with van der Waals surface area (Å²) in [5, 5.41) is 116. The molecule has 1 aromatic heterocycles. The van der Waals surface area contributed by atoms with Crippen molar-refractivity contribution in [1.82, 2.24) is 68.0 Å². The molecule has 0 spiro atoms. The fraction of sp³-hybridized carbons (Fsp3) is 0.729. The van der Waals surface area contributed by atoms with Gasteiger partial charge in [0.2, 0.25) is 59.1 Å². The summed E-state index contributed by atoms with van der Waals surface area (Å²) in [6, 6.07) is -17.3. The number of unbranched alkanes of at least 4 members (excludes halogenated alkanes) is 1. The minimum Gasteiger partial charge on any atom is -0.481 e. The highest BCUT2D eigenvalue weighted by Crippen LogP contribution is 2.30. The maximum absolute atomic E-state index is 14.5. The fourth-order valence-corrected chi connectivity index (χ4v) is 10.6. The number of nitrogens with zero attached hydrogens (tertiary/aromatic N) is 2. The van der Waals surface area contributed by atoms with E-state index < -0.39 is 231 Å². The SMILES string of the molecule is CC(C)C[C@H](NC(=O)[C@H](Cc1cnc[nH]1)NC(=O)[C@@H](N[C@@]1(CO)O[C@H](CO)[C@@H](O)[C@@H]1O)C(C)C)C(=O)N[C@H](C(=O)N1CCC[C@H]1C(=O)N[C@@H](CCC(=O)O)C(=O)N[C@@H](CCC(=O)O)C(=O)N[C@@H](CCCCN)C(=O)N[C@@H](CO)C(=O)N[C@@H](C)C(=O)N[C@H](C(=O)O)C(C)C)[C@@H](C)O. The minimum atomic E-state index is -2.14. The molecule has 0 unspecified atom stereocenters. The molecular formula is C59H98N14O23. The number of aromatic amines is 1. The molecule has 0 radical (unpaired) electrons. The molecule has 1 aromatic rings. The number of H-pyrrole nitrogens is 1. The number of carbonyl (C=O) groups excluding carboxylic acids is 10. The Kier molecular flexibility index (Phi) is 33.6. The highest BCUT2D eigenvalue weighted by atomic mass is 16.6. The Hall–Kier alpha value is -8.04. The molecule has 2 fully saturated rings. The van der Waals surface area contributed by atoms with Crippen molar-refractivity contribution >= 4 is 77.0 Å². The highest BCUT2D eigenvalue weighted by molar-refractivity contribution is 5.99. The number of likely N-dealkylation sites (tertiary alicyclic amines) is 1. The summed E-state index contributed by atoms with van der Waals surface area (Å²) in [5.74, 6) is -16.1. The number of carboxylic acids is 3. The van der Waals surface area contributed by atoms with Crippen LogP contribution in [0, 0.1) is 17.8 Å². The van der Waals surface area contributed by atoms with Crippen molar-refractivity contribution < 1.29 is 113 Å². The quantitative estimate of drug-likeness (QED) is 0.0270. The second-order valence-corrected chi connectivity index (χ2v) is 25.0. The van der Waals surface area contributed by atoms with Crippen LogP contribution in [0.5, 0.6) is 0 Å². The Morgan fingerprint density at radius 3 is 1.62 bits per heavy atom. The smallest absolute Gasteiger partial charge is 0.326 e. The van der Waals surface area contributed by atoms with Crippen molar-refractivity contribution in [3.63, 3.8) is 0 Å². The van der Waals surface area contributed by atoms with Crippen LogP contribution in [-0.2, 0) is 73.5 Å². The van der Waals surface area contributed by atoms with Crippen molar-refractivity contribution in [2.24, 2.45) is 23.5 Å². The Bertz CT molecular complexity index is 2810. The molecule has 22 N–H and O–H groups in total. The van der Waals surface area contributed by atoms with E-state index in [0.717, 1.165) is 11.8 Å². The average Bonchev–Trinajstić information content (AvgIpc) is 1.62. The number of nitrogens with one attached hydrogen (secondary N) is 11. The van der Waals surface area contributed by atoms with Crippen molar-refractivity contribution in [3.8, 4) is 0 Å². The largest absolute Gasteiger partial charge is 0.481 e. The van der Waals surface area contributed by atoms with E-state index in [4.69, 9.17) is 10.5 Å². The number of imidazole rings is 1. The normalized spacial score (nSPS) is 21.2. The number of aliphatic hydroxyl groups is 6. The molecular weight excluding hydrogens is 1270 g/mol. The van der Waals surface area contributed by atoms with Crippen LogP contribution in [0.25, 0.3) is 0 Å². The fourth-order valence-electron chi connectivity index (χ4n) is 10.6. The summed E-state index contributed by atoms with van der Waals surface area (Å²) in [6.45, 7) is 9.23. The second kappa shape index (κ2) is 39.2. The third kappa shape index (κ3) is 24.6. The first-order valence-electron chi connectivity index (χ1n) is 31.8. The van der Waals surface area contributed by atoms with E-state index in [2.05, 4.69) is 63.1 Å². The maximum Gasteiger partial charge on any atom is 0.326 e. The Balaban J connectivity index is 1.87. The predicted molar refractivity (Wildman–Crippen MR) is 333 cm³/mol. The zero-order valence-electron chi connectivity index (χ0n) is 55.1. The van der Waals surface area contributed by atoms with E-state index in [1.807, 2.05) is 0 Å². The molecule has 2 aliphatic heterocycles. The van der Waals surface area contributed by atoms with Crippen LogP contribution in [0.4, 0.5) is 0 Å². The molecule has 0 aliphatic carbocycles. The van der Waals surface area contributed by atoms with Crippen LogP contribution in [-0.4, -0.2) is 267 Å². The van der Waals surface area contributed by atoms with Crippen molar-refractivity contribution in [3.05, 3.63) is 18.2 Å². The topological polar surface area (TPSA) is 591 Å². The van der Waals surface area contributed by atoms with Crippen LogP contribution in [0.15, 0.2) is 12.5 Å². The lowest BCUT2D eigenvalue weighted by Gasteiger charge is -2.36. The van der Waals surface area contributed by atoms with Gasteiger partial charge in [-0.25, -0.2) is 9.78 Å². The van der Waals surface area contributed by atoms with E-state index in [0.29, 0.717) is 12.1 Å². The molecule has 3 rings (SSSR count). The summed E-state index contributed by atoms with van der Waals surface area (Å²) in [7, 11) is 0. The van der Waals surface area contributed by atoms with Crippen LogP contribution >= 0.6 is 0 Å². The molecule has 542 valence electrons.